The normalized spacial score (nSPS) is 9.85. The second-order valence-electron chi connectivity index (χ2n) is 3.81. The van der Waals surface area contributed by atoms with Crippen molar-refractivity contribution in [3.8, 4) is 0 Å². The second-order valence-corrected chi connectivity index (χ2v) is 4.95. The number of nitrogens with one attached hydrogen (secondary N) is 1. The lowest BCUT2D eigenvalue weighted by atomic mass is 10.3. The van der Waals surface area contributed by atoms with Crippen molar-refractivity contribution in [2.24, 2.45) is 0 Å². The summed E-state index contributed by atoms with van der Waals surface area (Å²) in [5.74, 6) is 0.594. The van der Waals surface area contributed by atoms with Gasteiger partial charge in [0, 0.05) is 22.2 Å². The first-order chi connectivity index (χ1) is 8.85. The van der Waals surface area contributed by atoms with E-state index in [9.17, 15) is 0 Å². The summed E-state index contributed by atoms with van der Waals surface area (Å²) in [6, 6.07) is 9.96. The van der Waals surface area contributed by atoms with Gasteiger partial charge in [0.25, 0.3) is 0 Å². The van der Waals surface area contributed by atoms with Crippen LogP contribution in [0.1, 0.15) is 5.82 Å². The number of halogens is 2. The van der Waals surface area contributed by atoms with Gasteiger partial charge in [-0.2, -0.15) is 0 Å². The summed E-state index contributed by atoms with van der Waals surface area (Å²) in [7, 11) is 0. The van der Waals surface area contributed by atoms with Crippen LogP contribution in [0.25, 0.3) is 11.0 Å². The van der Waals surface area contributed by atoms with Gasteiger partial charge in [-0.05, 0) is 30.3 Å². The highest BCUT2D eigenvalue weighted by Crippen LogP contribution is 2.28. The van der Waals surface area contributed by atoms with Crippen LogP contribution in [0.3, 0.4) is 0 Å². The predicted molar refractivity (Wildman–Crippen MR) is 84.9 cm³/mol. The molecule has 2 heterocycles. The molecule has 2 aromatic heterocycles. The molecule has 0 aliphatic carbocycles. The van der Waals surface area contributed by atoms with Gasteiger partial charge < -0.3 is 10.1 Å². The third kappa shape index (κ3) is 3.64. The highest BCUT2D eigenvalue weighted by molar-refractivity contribution is 7.99. The first-order valence-electron chi connectivity index (χ1n) is 5.52. The number of aliphatic hydroxyl groups excluding tert-OH is 1. The Morgan fingerprint density at radius 3 is 2.50 bits per heavy atom. The van der Waals surface area contributed by atoms with Crippen molar-refractivity contribution in [1.82, 2.24) is 15.0 Å². The number of rotatable bonds is 3. The Balaban J connectivity index is 0.000001000. The molecule has 3 rings (SSSR count). The maximum absolute atomic E-state index is 9.04. The Hall–Kier alpha value is -1.27. The number of H-pyrrole nitrogens is 1. The van der Waals surface area contributed by atoms with Gasteiger partial charge in [0.1, 0.15) is 12.4 Å². The van der Waals surface area contributed by atoms with Gasteiger partial charge in [0.2, 0.25) is 0 Å². The van der Waals surface area contributed by atoms with Crippen LogP contribution in [0, 0.1) is 0 Å². The lowest BCUT2D eigenvalue weighted by molar-refractivity contribution is 0.273. The fourth-order valence-corrected chi connectivity index (χ4v) is 2.56. The fourth-order valence-electron chi connectivity index (χ4n) is 1.72. The highest BCUT2D eigenvalue weighted by atomic mass is 35.5. The minimum Gasteiger partial charge on any atom is -0.388 e. The van der Waals surface area contributed by atoms with Gasteiger partial charge in [-0.3, -0.25) is 4.98 Å². The van der Waals surface area contributed by atoms with E-state index in [0.717, 1.165) is 20.8 Å². The molecule has 0 spiro atoms. The van der Waals surface area contributed by atoms with Crippen molar-refractivity contribution in [1.29, 1.82) is 0 Å². The van der Waals surface area contributed by atoms with Crippen LogP contribution in [0.15, 0.2) is 52.5 Å². The SMILES string of the molecule is Cl.Cl.OCc1nc2cc(Sc3ccncc3)ccc2[nH]1. The lowest BCUT2D eigenvalue weighted by Crippen LogP contribution is -1.83. The topological polar surface area (TPSA) is 61.8 Å². The van der Waals surface area contributed by atoms with Gasteiger partial charge in [-0.15, -0.1) is 24.8 Å². The zero-order valence-electron chi connectivity index (χ0n) is 10.3. The lowest BCUT2D eigenvalue weighted by Gasteiger charge is -2.00. The quantitative estimate of drug-likeness (QED) is 0.772. The number of benzene rings is 1. The zero-order valence-corrected chi connectivity index (χ0v) is 12.8. The van der Waals surface area contributed by atoms with E-state index in [1.165, 1.54) is 0 Å². The average Bonchev–Trinajstić information content (AvgIpc) is 2.82. The minimum atomic E-state index is -0.0679. The van der Waals surface area contributed by atoms with E-state index in [1.54, 1.807) is 24.2 Å². The van der Waals surface area contributed by atoms with Crippen LogP contribution >= 0.6 is 36.6 Å². The van der Waals surface area contributed by atoms with Gasteiger partial charge in [-0.1, -0.05) is 11.8 Å². The molecule has 0 bridgehead atoms. The van der Waals surface area contributed by atoms with Crippen molar-refractivity contribution in [2.45, 2.75) is 16.4 Å². The molecule has 7 heteroatoms. The summed E-state index contributed by atoms with van der Waals surface area (Å²) in [6.07, 6.45) is 3.55. The maximum atomic E-state index is 9.04. The van der Waals surface area contributed by atoms with Gasteiger partial charge in [0.05, 0.1) is 11.0 Å². The highest BCUT2D eigenvalue weighted by Gasteiger charge is 2.04. The van der Waals surface area contributed by atoms with Crippen LogP contribution in [-0.4, -0.2) is 20.1 Å². The van der Waals surface area contributed by atoms with E-state index >= 15 is 0 Å². The van der Waals surface area contributed by atoms with Crippen LogP contribution in [0.5, 0.6) is 0 Å². The molecule has 0 atom stereocenters. The van der Waals surface area contributed by atoms with E-state index in [1.807, 2.05) is 30.3 Å². The number of hydrogen-bond donors (Lipinski definition) is 2. The molecular formula is C13H13Cl2N3OS. The molecule has 2 N–H and O–H groups in total. The molecule has 0 saturated carbocycles. The first kappa shape index (κ1) is 16.8. The zero-order chi connectivity index (χ0) is 12.4. The maximum Gasteiger partial charge on any atom is 0.133 e. The van der Waals surface area contributed by atoms with E-state index in [4.69, 9.17) is 5.11 Å². The van der Waals surface area contributed by atoms with Crippen LogP contribution in [-0.2, 0) is 6.61 Å². The Morgan fingerprint density at radius 2 is 1.80 bits per heavy atom. The molecule has 0 aliphatic rings. The molecule has 0 unspecified atom stereocenters. The van der Waals surface area contributed by atoms with Crippen LogP contribution < -0.4 is 0 Å². The number of aliphatic hydroxyl groups is 1. The molecule has 0 fully saturated rings. The van der Waals surface area contributed by atoms with Crippen LogP contribution in [0.2, 0.25) is 0 Å². The molecule has 0 aliphatic heterocycles. The Bertz CT molecular complexity index is 676. The predicted octanol–water partition coefficient (Wildman–Crippen LogP) is 3.45. The number of nitrogens with zero attached hydrogens (tertiary/aromatic N) is 2. The summed E-state index contributed by atoms with van der Waals surface area (Å²) in [4.78, 5) is 13.6. The smallest absolute Gasteiger partial charge is 0.133 e. The number of fused-ring (bicyclic) bond motifs is 1. The van der Waals surface area contributed by atoms with Gasteiger partial charge >= 0.3 is 0 Å². The molecule has 4 nitrogen and oxygen atoms in total. The van der Waals surface area contributed by atoms with Crippen molar-refractivity contribution in [2.75, 3.05) is 0 Å². The average molecular weight is 330 g/mol. The third-order valence-corrected chi connectivity index (χ3v) is 3.54. The van der Waals surface area contributed by atoms with Crippen LogP contribution in [0.4, 0.5) is 0 Å². The summed E-state index contributed by atoms with van der Waals surface area (Å²) < 4.78 is 0. The van der Waals surface area contributed by atoms with E-state index in [2.05, 4.69) is 15.0 Å². The molecule has 3 aromatic rings. The Kier molecular flexibility index (Phi) is 6.29. The van der Waals surface area contributed by atoms with E-state index < -0.39 is 0 Å². The summed E-state index contributed by atoms with van der Waals surface area (Å²) in [5, 5.41) is 9.04. The second kappa shape index (κ2) is 7.50. The molecule has 0 amide bonds. The summed E-state index contributed by atoms with van der Waals surface area (Å²) in [5.41, 5.74) is 1.82. The van der Waals surface area contributed by atoms with Crippen molar-refractivity contribution in [3.63, 3.8) is 0 Å². The Morgan fingerprint density at radius 1 is 1.05 bits per heavy atom. The van der Waals surface area contributed by atoms with E-state index in [0.29, 0.717) is 5.82 Å². The van der Waals surface area contributed by atoms with Gasteiger partial charge in [-0.25, -0.2) is 4.98 Å². The summed E-state index contributed by atoms with van der Waals surface area (Å²) >= 11 is 1.66. The molecule has 106 valence electrons. The number of aromatic nitrogens is 3. The van der Waals surface area contributed by atoms with Crippen molar-refractivity contribution < 1.29 is 5.11 Å². The molecule has 0 saturated heterocycles. The molecule has 0 radical (unpaired) electrons. The first-order valence-corrected chi connectivity index (χ1v) is 6.34. The number of pyridine rings is 1. The largest absolute Gasteiger partial charge is 0.388 e. The number of hydrogen-bond acceptors (Lipinski definition) is 4. The van der Waals surface area contributed by atoms with Crippen molar-refractivity contribution >= 4 is 47.6 Å². The fraction of sp³-hybridized carbons (Fsp3) is 0.0769. The van der Waals surface area contributed by atoms with E-state index in [-0.39, 0.29) is 31.4 Å². The minimum absolute atomic E-state index is 0. The molecular weight excluding hydrogens is 317 g/mol. The number of aromatic amines is 1. The monoisotopic (exact) mass is 329 g/mol. The van der Waals surface area contributed by atoms with Gasteiger partial charge in [0.15, 0.2) is 0 Å². The summed E-state index contributed by atoms with van der Waals surface area (Å²) in [6.45, 7) is -0.0679. The standard InChI is InChI=1S/C13H11N3OS.2ClH/c17-8-13-15-11-2-1-10(7-12(11)16-13)18-9-3-5-14-6-4-9;;/h1-7,17H,8H2,(H,15,16);2*1H. The Labute approximate surface area is 132 Å². The molecule has 1 aromatic carbocycles. The molecule has 20 heavy (non-hydrogen) atoms. The van der Waals surface area contributed by atoms with Crippen molar-refractivity contribution in [3.05, 3.63) is 48.5 Å². The third-order valence-electron chi connectivity index (χ3n) is 2.54. The number of imidazole rings is 1.